The smallest absolute Gasteiger partial charge is 0.282 e. The third-order valence-corrected chi connectivity index (χ3v) is 4.77. The molecular weight excluding hydrogens is 276 g/mol. The highest BCUT2D eigenvalue weighted by atomic mass is 16.5. The van der Waals surface area contributed by atoms with Gasteiger partial charge in [-0.15, -0.1) is 0 Å². The number of amidine groups is 1. The Labute approximate surface area is 129 Å². The van der Waals surface area contributed by atoms with Crippen LogP contribution in [-0.4, -0.2) is 22.6 Å². The van der Waals surface area contributed by atoms with Gasteiger partial charge in [0.2, 0.25) is 0 Å². The molecule has 1 spiro atoms. The summed E-state index contributed by atoms with van der Waals surface area (Å²) in [5, 5.41) is 0. The summed E-state index contributed by atoms with van der Waals surface area (Å²) in [6.45, 7) is 2.04. The summed E-state index contributed by atoms with van der Waals surface area (Å²) in [6.07, 6.45) is 3.35. The second-order valence-electron chi connectivity index (χ2n) is 6.05. The number of rotatable bonds is 1. The average Bonchev–Trinajstić information content (AvgIpc) is 2.99. The summed E-state index contributed by atoms with van der Waals surface area (Å²) in [7, 11) is 0. The maximum atomic E-state index is 6.06. The van der Waals surface area contributed by atoms with Crippen LogP contribution >= 0.6 is 0 Å². The molecule has 1 aliphatic carbocycles. The van der Waals surface area contributed by atoms with Crippen LogP contribution in [0.2, 0.25) is 0 Å². The van der Waals surface area contributed by atoms with Gasteiger partial charge in [-0.3, -0.25) is 0 Å². The summed E-state index contributed by atoms with van der Waals surface area (Å²) >= 11 is 0. The Hall–Kier alpha value is -2.56. The summed E-state index contributed by atoms with van der Waals surface area (Å²) in [6, 6.07) is 10.5. The Kier molecular flexibility index (Phi) is 2.66. The molecule has 4 N–H and O–H groups in total. The molecule has 2 heterocycles. The van der Waals surface area contributed by atoms with E-state index in [1.165, 1.54) is 11.1 Å². The summed E-state index contributed by atoms with van der Waals surface area (Å²) < 4.78 is 5.59. The van der Waals surface area contributed by atoms with E-state index >= 15 is 0 Å². The number of nitrogens with two attached hydrogens (primary N) is 2. The first-order chi connectivity index (χ1) is 10.6. The molecule has 2 unspecified atom stereocenters. The Morgan fingerprint density at radius 1 is 1.14 bits per heavy atom. The predicted molar refractivity (Wildman–Crippen MR) is 86.4 cm³/mol. The van der Waals surface area contributed by atoms with E-state index in [9.17, 15) is 0 Å². The van der Waals surface area contributed by atoms with Crippen molar-refractivity contribution in [3.05, 3.63) is 47.7 Å². The van der Waals surface area contributed by atoms with Crippen LogP contribution in [0.15, 0.2) is 41.5 Å². The molecule has 0 radical (unpaired) electrons. The topological polar surface area (TPSA) is 86.5 Å². The van der Waals surface area contributed by atoms with Crippen molar-refractivity contribution < 1.29 is 4.74 Å². The monoisotopic (exact) mass is 294 g/mol. The van der Waals surface area contributed by atoms with Crippen molar-refractivity contribution >= 4 is 11.8 Å². The van der Waals surface area contributed by atoms with Gasteiger partial charge in [0.1, 0.15) is 17.5 Å². The standard InChI is InChI=1S/C17H18N4O/c1-10-17(21-16(19)22-10)8-11-4-2-5-12(14(11)9-17)13-6-3-7-20-15(13)18/h2-7,10H,8-9H2,1H3,(H2,18,20)(H2,19,21). The average molecular weight is 294 g/mol. The van der Waals surface area contributed by atoms with E-state index in [2.05, 4.69) is 28.2 Å². The fourth-order valence-electron chi connectivity index (χ4n) is 3.60. The van der Waals surface area contributed by atoms with Gasteiger partial charge in [0, 0.05) is 24.6 Å². The second-order valence-corrected chi connectivity index (χ2v) is 6.05. The molecular formula is C17H18N4O. The first-order valence-corrected chi connectivity index (χ1v) is 7.43. The fourth-order valence-corrected chi connectivity index (χ4v) is 3.60. The zero-order chi connectivity index (χ0) is 15.3. The molecule has 1 aromatic heterocycles. The number of hydrogen-bond acceptors (Lipinski definition) is 5. The molecule has 0 fully saturated rings. The van der Waals surface area contributed by atoms with Crippen LogP contribution in [-0.2, 0) is 17.6 Å². The lowest BCUT2D eigenvalue weighted by molar-refractivity contribution is 0.157. The van der Waals surface area contributed by atoms with Crippen LogP contribution < -0.4 is 11.5 Å². The van der Waals surface area contributed by atoms with Crippen LogP contribution in [0, 0.1) is 0 Å². The van der Waals surface area contributed by atoms with Gasteiger partial charge in [-0.05, 0) is 35.7 Å². The van der Waals surface area contributed by atoms with E-state index in [0.29, 0.717) is 11.8 Å². The molecule has 2 atom stereocenters. The third-order valence-electron chi connectivity index (χ3n) is 4.77. The first-order valence-electron chi connectivity index (χ1n) is 7.43. The highest BCUT2D eigenvalue weighted by Gasteiger charge is 2.48. The molecule has 0 amide bonds. The minimum absolute atomic E-state index is 0.0148. The van der Waals surface area contributed by atoms with E-state index in [0.717, 1.165) is 24.0 Å². The Morgan fingerprint density at radius 3 is 2.68 bits per heavy atom. The normalized spacial score (nSPS) is 25.9. The quantitative estimate of drug-likeness (QED) is 0.841. The fraction of sp³-hybridized carbons (Fsp3) is 0.294. The third kappa shape index (κ3) is 1.78. The lowest BCUT2D eigenvalue weighted by Crippen LogP contribution is -2.36. The van der Waals surface area contributed by atoms with Gasteiger partial charge in [-0.2, -0.15) is 0 Å². The number of ether oxygens (including phenoxy) is 1. The first kappa shape index (κ1) is 13.1. The molecule has 0 saturated carbocycles. The molecule has 0 saturated heterocycles. The van der Waals surface area contributed by atoms with Crippen LogP contribution in [0.5, 0.6) is 0 Å². The van der Waals surface area contributed by atoms with Gasteiger partial charge in [-0.25, -0.2) is 9.98 Å². The van der Waals surface area contributed by atoms with Gasteiger partial charge < -0.3 is 16.2 Å². The predicted octanol–water partition coefficient (Wildman–Crippen LogP) is 1.90. The maximum absolute atomic E-state index is 6.06. The number of fused-ring (bicyclic) bond motifs is 1. The highest BCUT2D eigenvalue weighted by molar-refractivity contribution is 5.79. The molecule has 2 aliphatic rings. The summed E-state index contributed by atoms with van der Waals surface area (Å²) in [4.78, 5) is 8.80. The van der Waals surface area contributed by atoms with Crippen LogP contribution in [0.4, 0.5) is 5.82 Å². The molecule has 22 heavy (non-hydrogen) atoms. The SMILES string of the molecule is CC1OC(N)=NC12Cc1cccc(-c3cccnc3N)c1C2. The van der Waals surface area contributed by atoms with Gasteiger partial charge >= 0.3 is 0 Å². The van der Waals surface area contributed by atoms with E-state index in [-0.39, 0.29) is 11.6 Å². The number of aliphatic imine (C=N–C) groups is 1. The largest absolute Gasteiger partial charge is 0.460 e. The number of nitrogen functional groups attached to an aromatic ring is 1. The number of hydrogen-bond donors (Lipinski definition) is 2. The van der Waals surface area contributed by atoms with Gasteiger partial charge in [0.05, 0.1) is 0 Å². The second kappa shape index (κ2) is 4.47. The summed E-state index contributed by atoms with van der Waals surface area (Å²) in [5.74, 6) is 0.551. The van der Waals surface area contributed by atoms with Gasteiger partial charge in [-0.1, -0.05) is 18.2 Å². The van der Waals surface area contributed by atoms with E-state index < -0.39 is 0 Å². The van der Waals surface area contributed by atoms with Crippen LogP contribution in [0.3, 0.4) is 0 Å². The number of anilines is 1. The van der Waals surface area contributed by atoms with Crippen LogP contribution in [0.1, 0.15) is 18.1 Å². The van der Waals surface area contributed by atoms with Crippen molar-refractivity contribution in [2.24, 2.45) is 10.7 Å². The molecule has 0 bridgehead atoms. The number of aromatic nitrogens is 1. The zero-order valence-corrected chi connectivity index (χ0v) is 12.4. The number of pyridine rings is 1. The zero-order valence-electron chi connectivity index (χ0n) is 12.4. The van der Waals surface area contributed by atoms with E-state index in [4.69, 9.17) is 16.2 Å². The van der Waals surface area contributed by atoms with E-state index in [1.54, 1.807) is 6.20 Å². The summed E-state index contributed by atoms with van der Waals surface area (Å²) in [5.41, 5.74) is 16.2. The molecule has 5 nitrogen and oxygen atoms in total. The molecule has 5 heteroatoms. The van der Waals surface area contributed by atoms with Gasteiger partial charge in [0.25, 0.3) is 6.02 Å². The van der Waals surface area contributed by atoms with Gasteiger partial charge in [0.15, 0.2) is 0 Å². The minimum atomic E-state index is -0.278. The van der Waals surface area contributed by atoms with Crippen molar-refractivity contribution in [3.8, 4) is 11.1 Å². The minimum Gasteiger partial charge on any atom is -0.460 e. The van der Waals surface area contributed by atoms with Crippen molar-refractivity contribution in [2.75, 3.05) is 5.73 Å². The lowest BCUT2D eigenvalue weighted by atomic mass is 9.90. The maximum Gasteiger partial charge on any atom is 0.282 e. The van der Waals surface area contributed by atoms with Crippen molar-refractivity contribution in [1.82, 2.24) is 4.98 Å². The Bertz CT molecular complexity index is 786. The van der Waals surface area contributed by atoms with E-state index in [1.807, 2.05) is 19.1 Å². The molecule has 1 aliphatic heterocycles. The molecule has 1 aromatic carbocycles. The van der Waals surface area contributed by atoms with Crippen LogP contribution in [0.25, 0.3) is 11.1 Å². The number of benzene rings is 1. The number of nitrogens with zero attached hydrogens (tertiary/aromatic N) is 2. The lowest BCUT2D eigenvalue weighted by Gasteiger charge is -2.23. The van der Waals surface area contributed by atoms with Crippen molar-refractivity contribution in [1.29, 1.82) is 0 Å². The Morgan fingerprint density at radius 2 is 1.95 bits per heavy atom. The highest BCUT2D eigenvalue weighted by Crippen LogP contribution is 2.43. The molecule has 4 rings (SSSR count). The van der Waals surface area contributed by atoms with Crippen molar-refractivity contribution in [2.45, 2.75) is 31.4 Å². The molecule has 2 aromatic rings. The molecule has 112 valence electrons. The van der Waals surface area contributed by atoms with Crippen molar-refractivity contribution in [3.63, 3.8) is 0 Å². The Balaban J connectivity index is 1.83.